The first-order valence-corrected chi connectivity index (χ1v) is 7.36. The fourth-order valence-electron chi connectivity index (χ4n) is 2.37. The van der Waals surface area contributed by atoms with Crippen molar-refractivity contribution in [1.29, 1.82) is 0 Å². The number of anilines is 1. The summed E-state index contributed by atoms with van der Waals surface area (Å²) in [6, 6.07) is 8.01. The molecule has 0 bridgehead atoms. The van der Waals surface area contributed by atoms with Gasteiger partial charge in [-0.25, -0.2) is 15.0 Å². The first-order valence-electron chi connectivity index (χ1n) is 7.36. The van der Waals surface area contributed by atoms with Gasteiger partial charge in [-0.15, -0.1) is 0 Å². The van der Waals surface area contributed by atoms with Crippen molar-refractivity contribution < 1.29 is 4.79 Å². The molecule has 3 rings (SSSR count). The Hall–Kier alpha value is -2.96. The molecule has 3 aromatic rings. The summed E-state index contributed by atoms with van der Waals surface area (Å²) < 4.78 is 2.13. The van der Waals surface area contributed by atoms with Gasteiger partial charge >= 0.3 is 0 Å². The van der Waals surface area contributed by atoms with Gasteiger partial charge < -0.3 is 15.6 Å². The number of hydrogen-bond donors (Lipinski definition) is 2. The minimum Gasteiger partial charge on any atom is -0.366 e. The van der Waals surface area contributed by atoms with Crippen molar-refractivity contribution >= 4 is 22.8 Å². The smallest absolute Gasteiger partial charge is 0.267 e. The number of nitrogens with one attached hydrogen (secondary N) is 1. The average Bonchev–Trinajstić information content (AvgIpc) is 2.96. The summed E-state index contributed by atoms with van der Waals surface area (Å²) in [6.07, 6.45) is 3.18. The first-order chi connectivity index (χ1) is 11.0. The number of imidazole rings is 1. The molecule has 2 heterocycles. The van der Waals surface area contributed by atoms with Gasteiger partial charge in [-0.05, 0) is 31.5 Å². The van der Waals surface area contributed by atoms with Crippen molar-refractivity contribution in [3.63, 3.8) is 0 Å². The van der Waals surface area contributed by atoms with Gasteiger partial charge in [-0.2, -0.15) is 0 Å². The summed E-state index contributed by atoms with van der Waals surface area (Å²) in [7, 11) is 0. The standard InChI is InChI=1S/C16H18N6O/c1-10(2)22-9-21-12-4-3-11(5-14(12)22)7-18-15-6-13(16(17)23)19-8-20-15/h3-6,8-10H,7H2,1-2H3,(H2,17,23)(H,18,19,20). The van der Waals surface area contributed by atoms with E-state index in [9.17, 15) is 4.79 Å². The van der Waals surface area contributed by atoms with Crippen LogP contribution in [-0.4, -0.2) is 25.4 Å². The van der Waals surface area contributed by atoms with Crippen LogP contribution in [-0.2, 0) is 6.54 Å². The number of nitrogens with two attached hydrogens (primary N) is 1. The van der Waals surface area contributed by atoms with E-state index in [4.69, 9.17) is 5.73 Å². The summed E-state index contributed by atoms with van der Waals surface area (Å²) in [6.45, 7) is 4.82. The van der Waals surface area contributed by atoms with E-state index in [1.165, 1.54) is 6.33 Å². The predicted octanol–water partition coefficient (Wildman–Crippen LogP) is 2.12. The Morgan fingerprint density at radius 3 is 2.83 bits per heavy atom. The van der Waals surface area contributed by atoms with E-state index in [1.54, 1.807) is 6.07 Å². The number of aromatic nitrogens is 4. The van der Waals surface area contributed by atoms with Crippen LogP contribution in [0.4, 0.5) is 5.82 Å². The average molecular weight is 310 g/mol. The molecule has 1 amide bonds. The highest BCUT2D eigenvalue weighted by Gasteiger charge is 2.07. The van der Waals surface area contributed by atoms with E-state index >= 15 is 0 Å². The second-order valence-corrected chi connectivity index (χ2v) is 5.57. The van der Waals surface area contributed by atoms with Gasteiger partial charge in [-0.1, -0.05) is 6.07 Å². The van der Waals surface area contributed by atoms with Gasteiger partial charge in [0.1, 0.15) is 17.8 Å². The molecule has 0 atom stereocenters. The molecule has 0 spiro atoms. The molecule has 0 fully saturated rings. The monoisotopic (exact) mass is 310 g/mol. The van der Waals surface area contributed by atoms with Gasteiger partial charge in [0.2, 0.25) is 0 Å². The third kappa shape index (κ3) is 3.13. The Kier molecular flexibility index (Phi) is 3.92. The lowest BCUT2D eigenvalue weighted by atomic mass is 10.2. The quantitative estimate of drug-likeness (QED) is 0.752. The lowest BCUT2D eigenvalue weighted by molar-refractivity contribution is 0.0995. The molecule has 118 valence electrons. The molecule has 0 saturated carbocycles. The third-order valence-corrected chi connectivity index (χ3v) is 3.59. The number of carbonyl (C=O) groups excluding carboxylic acids is 1. The molecule has 0 aliphatic heterocycles. The molecule has 0 aliphatic carbocycles. The van der Waals surface area contributed by atoms with Crippen molar-refractivity contribution in [2.45, 2.75) is 26.4 Å². The second kappa shape index (κ2) is 6.04. The summed E-state index contributed by atoms with van der Waals surface area (Å²) >= 11 is 0. The highest BCUT2D eigenvalue weighted by molar-refractivity contribution is 5.91. The number of nitrogens with zero attached hydrogens (tertiary/aromatic N) is 4. The molecule has 2 aromatic heterocycles. The van der Waals surface area contributed by atoms with Crippen LogP contribution in [0.1, 0.15) is 35.9 Å². The predicted molar refractivity (Wildman–Crippen MR) is 88.0 cm³/mol. The Bertz CT molecular complexity index is 855. The molecule has 0 aliphatic rings. The van der Waals surface area contributed by atoms with Crippen molar-refractivity contribution in [2.24, 2.45) is 5.73 Å². The maximum atomic E-state index is 11.1. The Labute approximate surface area is 133 Å². The molecule has 7 nitrogen and oxygen atoms in total. The van der Waals surface area contributed by atoms with Crippen molar-refractivity contribution in [2.75, 3.05) is 5.32 Å². The minimum atomic E-state index is -0.572. The Morgan fingerprint density at radius 2 is 2.09 bits per heavy atom. The number of amides is 1. The van der Waals surface area contributed by atoms with Crippen LogP contribution in [0.2, 0.25) is 0 Å². The van der Waals surface area contributed by atoms with E-state index in [-0.39, 0.29) is 5.69 Å². The van der Waals surface area contributed by atoms with Gasteiger partial charge in [0.25, 0.3) is 5.91 Å². The number of hydrogen-bond acceptors (Lipinski definition) is 5. The number of rotatable bonds is 5. The third-order valence-electron chi connectivity index (χ3n) is 3.59. The SMILES string of the molecule is CC(C)n1cnc2ccc(CNc3cc(C(N)=O)ncn3)cc21. The largest absolute Gasteiger partial charge is 0.366 e. The van der Waals surface area contributed by atoms with E-state index in [1.807, 2.05) is 18.5 Å². The molecule has 7 heteroatoms. The van der Waals surface area contributed by atoms with Crippen LogP contribution in [0, 0.1) is 0 Å². The van der Waals surface area contributed by atoms with Crippen LogP contribution in [0.5, 0.6) is 0 Å². The molecule has 0 unspecified atom stereocenters. The second-order valence-electron chi connectivity index (χ2n) is 5.57. The van der Waals surface area contributed by atoms with Gasteiger partial charge in [0.05, 0.1) is 17.4 Å². The van der Waals surface area contributed by atoms with Crippen LogP contribution in [0.3, 0.4) is 0 Å². The van der Waals surface area contributed by atoms with E-state index in [0.29, 0.717) is 18.4 Å². The zero-order valence-electron chi connectivity index (χ0n) is 13.0. The van der Waals surface area contributed by atoms with Crippen LogP contribution in [0.25, 0.3) is 11.0 Å². The Morgan fingerprint density at radius 1 is 1.26 bits per heavy atom. The highest BCUT2D eigenvalue weighted by atomic mass is 16.1. The Balaban J connectivity index is 1.80. The summed E-state index contributed by atoms with van der Waals surface area (Å²) in [5.74, 6) is -0.0102. The summed E-state index contributed by atoms with van der Waals surface area (Å²) in [5, 5.41) is 3.17. The van der Waals surface area contributed by atoms with Crippen LogP contribution < -0.4 is 11.1 Å². The first kappa shape index (κ1) is 15.0. The molecule has 0 radical (unpaired) electrons. The van der Waals surface area contributed by atoms with Crippen molar-refractivity contribution in [3.8, 4) is 0 Å². The van der Waals surface area contributed by atoms with Crippen molar-refractivity contribution in [1.82, 2.24) is 19.5 Å². The van der Waals surface area contributed by atoms with E-state index in [0.717, 1.165) is 16.6 Å². The topological polar surface area (TPSA) is 98.7 Å². The van der Waals surface area contributed by atoms with Gasteiger partial charge in [0, 0.05) is 18.7 Å². The minimum absolute atomic E-state index is 0.191. The maximum Gasteiger partial charge on any atom is 0.267 e. The van der Waals surface area contributed by atoms with Crippen LogP contribution in [0.15, 0.2) is 36.9 Å². The molecular formula is C16H18N6O. The fourth-order valence-corrected chi connectivity index (χ4v) is 2.37. The lowest BCUT2D eigenvalue weighted by Crippen LogP contribution is -2.14. The number of fused-ring (bicyclic) bond motifs is 1. The van der Waals surface area contributed by atoms with E-state index < -0.39 is 5.91 Å². The maximum absolute atomic E-state index is 11.1. The molecule has 23 heavy (non-hydrogen) atoms. The lowest BCUT2D eigenvalue weighted by Gasteiger charge is -2.10. The fraction of sp³-hybridized carbons (Fsp3) is 0.250. The van der Waals surface area contributed by atoms with Gasteiger partial charge in [-0.3, -0.25) is 4.79 Å². The molecule has 3 N–H and O–H groups in total. The highest BCUT2D eigenvalue weighted by Crippen LogP contribution is 2.19. The zero-order chi connectivity index (χ0) is 16.4. The van der Waals surface area contributed by atoms with Crippen molar-refractivity contribution in [3.05, 3.63) is 48.2 Å². The summed E-state index contributed by atoms with van der Waals surface area (Å²) in [5.41, 5.74) is 8.58. The number of benzene rings is 1. The van der Waals surface area contributed by atoms with Crippen LogP contribution >= 0.6 is 0 Å². The zero-order valence-corrected chi connectivity index (χ0v) is 13.0. The van der Waals surface area contributed by atoms with E-state index in [2.05, 4.69) is 44.7 Å². The van der Waals surface area contributed by atoms with Gasteiger partial charge in [0.15, 0.2) is 0 Å². The molecule has 0 saturated heterocycles. The number of primary amides is 1. The molecule has 1 aromatic carbocycles. The summed E-state index contributed by atoms with van der Waals surface area (Å²) in [4.78, 5) is 23.4. The molecular weight excluding hydrogens is 292 g/mol. The number of carbonyl (C=O) groups is 1. The normalized spacial score (nSPS) is 11.1.